The lowest BCUT2D eigenvalue weighted by Gasteiger charge is -2.30. The SMILES string of the molecule is CCc1ccc2nc(C)cc(C(=O)N[C@H]3CCC(=O)N(C)C3)c2c1. The monoisotopic (exact) mass is 325 g/mol. The van der Waals surface area contributed by atoms with Crippen molar-refractivity contribution in [2.24, 2.45) is 0 Å². The van der Waals surface area contributed by atoms with E-state index in [9.17, 15) is 9.59 Å². The Hall–Kier alpha value is -2.43. The van der Waals surface area contributed by atoms with Crippen LogP contribution in [0.1, 0.15) is 41.4 Å². The molecule has 1 aromatic heterocycles. The van der Waals surface area contributed by atoms with Gasteiger partial charge in [0.15, 0.2) is 0 Å². The molecule has 2 aromatic rings. The van der Waals surface area contributed by atoms with Crippen LogP contribution in [0.4, 0.5) is 0 Å². The molecule has 0 unspecified atom stereocenters. The number of hydrogen-bond donors (Lipinski definition) is 1. The third-order valence-corrected chi connectivity index (χ3v) is 4.62. The van der Waals surface area contributed by atoms with Gasteiger partial charge in [-0.05, 0) is 43.5 Å². The van der Waals surface area contributed by atoms with Crippen LogP contribution in [-0.2, 0) is 11.2 Å². The molecule has 0 radical (unpaired) electrons. The summed E-state index contributed by atoms with van der Waals surface area (Å²) >= 11 is 0. The number of rotatable bonds is 3. The minimum Gasteiger partial charge on any atom is -0.347 e. The maximum absolute atomic E-state index is 12.8. The first-order valence-electron chi connectivity index (χ1n) is 8.43. The molecule has 0 bridgehead atoms. The topological polar surface area (TPSA) is 62.3 Å². The maximum Gasteiger partial charge on any atom is 0.252 e. The highest BCUT2D eigenvalue weighted by Crippen LogP contribution is 2.21. The van der Waals surface area contributed by atoms with E-state index in [2.05, 4.69) is 23.3 Å². The summed E-state index contributed by atoms with van der Waals surface area (Å²) in [7, 11) is 1.78. The zero-order valence-electron chi connectivity index (χ0n) is 14.4. The Morgan fingerprint density at radius 2 is 2.17 bits per heavy atom. The van der Waals surface area contributed by atoms with E-state index in [0.29, 0.717) is 24.9 Å². The van der Waals surface area contributed by atoms with Crippen LogP contribution in [0.3, 0.4) is 0 Å². The molecule has 1 aliphatic rings. The van der Waals surface area contributed by atoms with Gasteiger partial charge in [0.25, 0.3) is 5.91 Å². The third-order valence-electron chi connectivity index (χ3n) is 4.62. The van der Waals surface area contributed by atoms with Crippen molar-refractivity contribution in [3.63, 3.8) is 0 Å². The second-order valence-electron chi connectivity index (χ2n) is 6.50. The Balaban J connectivity index is 1.90. The molecular formula is C19H23N3O2. The zero-order chi connectivity index (χ0) is 17.3. The van der Waals surface area contributed by atoms with Crippen LogP contribution in [0, 0.1) is 6.92 Å². The molecule has 1 saturated heterocycles. The molecule has 1 aliphatic heterocycles. The second-order valence-corrected chi connectivity index (χ2v) is 6.50. The van der Waals surface area contributed by atoms with E-state index in [-0.39, 0.29) is 17.9 Å². The van der Waals surface area contributed by atoms with Gasteiger partial charge in [-0.1, -0.05) is 13.0 Å². The number of benzene rings is 1. The second kappa shape index (κ2) is 6.59. The summed E-state index contributed by atoms with van der Waals surface area (Å²) in [5.41, 5.74) is 3.51. The number of pyridine rings is 1. The van der Waals surface area contributed by atoms with E-state index < -0.39 is 0 Å². The Morgan fingerprint density at radius 1 is 1.38 bits per heavy atom. The highest BCUT2D eigenvalue weighted by Gasteiger charge is 2.25. The summed E-state index contributed by atoms with van der Waals surface area (Å²) in [5, 5.41) is 3.97. The largest absolute Gasteiger partial charge is 0.347 e. The average molecular weight is 325 g/mol. The first kappa shape index (κ1) is 16.4. The number of fused-ring (bicyclic) bond motifs is 1. The number of aryl methyl sites for hydroxylation is 2. The molecule has 0 spiro atoms. The lowest BCUT2D eigenvalue weighted by molar-refractivity contribution is -0.132. The number of piperidine rings is 1. The van der Waals surface area contributed by atoms with Crippen LogP contribution in [0.5, 0.6) is 0 Å². The molecule has 126 valence electrons. The first-order valence-corrected chi connectivity index (χ1v) is 8.43. The van der Waals surface area contributed by atoms with Crippen molar-refractivity contribution in [3.05, 3.63) is 41.1 Å². The van der Waals surface area contributed by atoms with Gasteiger partial charge < -0.3 is 10.2 Å². The van der Waals surface area contributed by atoms with Crippen molar-refractivity contribution in [1.29, 1.82) is 0 Å². The number of likely N-dealkylation sites (tertiary alicyclic amines) is 1. The van der Waals surface area contributed by atoms with Crippen molar-refractivity contribution < 1.29 is 9.59 Å². The minimum atomic E-state index is -0.0912. The zero-order valence-corrected chi connectivity index (χ0v) is 14.4. The minimum absolute atomic E-state index is 0.00178. The van der Waals surface area contributed by atoms with E-state index in [0.717, 1.165) is 23.0 Å². The molecule has 1 atom stereocenters. The summed E-state index contributed by atoms with van der Waals surface area (Å²) in [4.78, 5) is 30.6. The summed E-state index contributed by atoms with van der Waals surface area (Å²) < 4.78 is 0. The van der Waals surface area contributed by atoms with Crippen molar-refractivity contribution in [2.75, 3.05) is 13.6 Å². The van der Waals surface area contributed by atoms with Gasteiger partial charge in [-0.3, -0.25) is 14.6 Å². The van der Waals surface area contributed by atoms with Gasteiger partial charge in [0.1, 0.15) is 0 Å². The molecule has 3 rings (SSSR count). The molecule has 5 heteroatoms. The van der Waals surface area contributed by atoms with Gasteiger partial charge >= 0.3 is 0 Å². The first-order chi connectivity index (χ1) is 11.5. The number of likely N-dealkylation sites (N-methyl/N-ethyl adjacent to an activating group) is 1. The predicted octanol–water partition coefficient (Wildman–Crippen LogP) is 2.46. The number of carbonyl (C=O) groups is 2. The molecule has 1 N–H and O–H groups in total. The van der Waals surface area contributed by atoms with Crippen molar-refractivity contribution in [3.8, 4) is 0 Å². The fourth-order valence-electron chi connectivity index (χ4n) is 3.21. The third kappa shape index (κ3) is 3.25. The number of nitrogens with zero attached hydrogens (tertiary/aromatic N) is 2. The summed E-state index contributed by atoms with van der Waals surface area (Å²) in [6.45, 7) is 4.56. The van der Waals surface area contributed by atoms with Gasteiger partial charge in [0.2, 0.25) is 5.91 Å². The van der Waals surface area contributed by atoms with Crippen molar-refractivity contribution in [2.45, 2.75) is 39.2 Å². The lowest BCUT2D eigenvalue weighted by atomic mass is 10.0. The summed E-state index contributed by atoms with van der Waals surface area (Å²) in [5.74, 6) is 0.0461. The molecule has 1 aromatic carbocycles. The van der Waals surface area contributed by atoms with Crippen LogP contribution in [0.25, 0.3) is 10.9 Å². The molecule has 1 fully saturated rings. The fourth-order valence-corrected chi connectivity index (χ4v) is 3.21. The van der Waals surface area contributed by atoms with Gasteiger partial charge in [-0.15, -0.1) is 0 Å². The van der Waals surface area contributed by atoms with Gasteiger partial charge in [0, 0.05) is 37.1 Å². The van der Waals surface area contributed by atoms with E-state index in [1.165, 1.54) is 5.56 Å². The number of carbonyl (C=O) groups excluding carboxylic acids is 2. The van der Waals surface area contributed by atoms with Crippen molar-refractivity contribution >= 4 is 22.7 Å². The Bertz CT molecular complexity index is 801. The van der Waals surface area contributed by atoms with Crippen LogP contribution in [0.15, 0.2) is 24.3 Å². The highest BCUT2D eigenvalue weighted by molar-refractivity contribution is 6.06. The molecule has 5 nitrogen and oxygen atoms in total. The van der Waals surface area contributed by atoms with Gasteiger partial charge in [-0.25, -0.2) is 0 Å². The van der Waals surface area contributed by atoms with Crippen LogP contribution < -0.4 is 5.32 Å². The van der Waals surface area contributed by atoms with E-state index in [1.54, 1.807) is 11.9 Å². The smallest absolute Gasteiger partial charge is 0.252 e. The van der Waals surface area contributed by atoms with E-state index >= 15 is 0 Å². The fraction of sp³-hybridized carbons (Fsp3) is 0.421. The Labute approximate surface area is 142 Å². The number of amides is 2. The maximum atomic E-state index is 12.8. The summed E-state index contributed by atoms with van der Waals surface area (Å²) in [6.07, 6.45) is 2.09. The lowest BCUT2D eigenvalue weighted by Crippen LogP contribution is -2.48. The molecule has 2 amide bonds. The standard InChI is InChI=1S/C19H23N3O2/c1-4-13-5-7-17-15(10-13)16(9-12(2)20-17)19(24)21-14-6-8-18(23)22(3)11-14/h5,7,9-10,14H,4,6,8,11H2,1-3H3,(H,21,24)/t14-/m0/s1. The summed E-state index contributed by atoms with van der Waals surface area (Å²) in [6, 6.07) is 7.92. The quantitative estimate of drug-likeness (QED) is 0.943. The van der Waals surface area contributed by atoms with Crippen LogP contribution in [0.2, 0.25) is 0 Å². The van der Waals surface area contributed by atoms with Crippen LogP contribution >= 0.6 is 0 Å². The predicted molar refractivity (Wildman–Crippen MR) is 94.0 cm³/mol. The van der Waals surface area contributed by atoms with Gasteiger partial charge in [-0.2, -0.15) is 0 Å². The van der Waals surface area contributed by atoms with Crippen molar-refractivity contribution in [1.82, 2.24) is 15.2 Å². The molecular weight excluding hydrogens is 302 g/mol. The number of nitrogens with one attached hydrogen (secondary N) is 1. The normalized spacial score (nSPS) is 18.0. The highest BCUT2D eigenvalue weighted by atomic mass is 16.2. The molecule has 2 heterocycles. The average Bonchev–Trinajstić information content (AvgIpc) is 2.57. The van der Waals surface area contributed by atoms with Crippen LogP contribution in [-0.4, -0.2) is 41.3 Å². The number of hydrogen-bond acceptors (Lipinski definition) is 3. The Morgan fingerprint density at radius 3 is 2.88 bits per heavy atom. The van der Waals surface area contributed by atoms with E-state index in [1.807, 2.05) is 25.1 Å². The Kier molecular flexibility index (Phi) is 4.51. The molecule has 24 heavy (non-hydrogen) atoms. The molecule has 0 aliphatic carbocycles. The number of aromatic nitrogens is 1. The molecule has 0 saturated carbocycles. The van der Waals surface area contributed by atoms with Gasteiger partial charge in [0.05, 0.1) is 11.1 Å². The van der Waals surface area contributed by atoms with E-state index in [4.69, 9.17) is 0 Å².